The Balaban J connectivity index is 2.29. The molecule has 0 fully saturated rings. The lowest BCUT2D eigenvalue weighted by atomic mass is 10.2. The Hall–Kier alpha value is -0.640. The fourth-order valence-corrected chi connectivity index (χ4v) is 1.46. The minimum atomic E-state index is -0.388. The van der Waals surface area contributed by atoms with Gasteiger partial charge in [-0.1, -0.05) is 37.6 Å². The van der Waals surface area contributed by atoms with E-state index in [1.807, 2.05) is 0 Å². The predicted molar refractivity (Wildman–Crippen MR) is 64.2 cm³/mol. The Bertz CT molecular complexity index is 331. The summed E-state index contributed by atoms with van der Waals surface area (Å²) >= 11 is 5.65. The Morgan fingerprint density at radius 1 is 1.44 bits per heavy atom. The lowest BCUT2D eigenvalue weighted by Crippen LogP contribution is -2.26. The average molecular weight is 246 g/mol. The first-order valence-corrected chi connectivity index (χ1v) is 5.73. The molecule has 0 amide bonds. The summed E-state index contributed by atoms with van der Waals surface area (Å²) in [5.41, 5.74) is 0.497. The highest BCUT2D eigenvalue weighted by molar-refractivity contribution is 6.30. The molecule has 90 valence electrons. The van der Waals surface area contributed by atoms with Crippen molar-refractivity contribution >= 4 is 11.6 Å². The number of benzene rings is 1. The van der Waals surface area contributed by atoms with Gasteiger partial charge in [0.25, 0.3) is 0 Å². The molecule has 0 unspecified atom stereocenters. The molecule has 1 N–H and O–H groups in total. The standard InChI is InChI=1S/C12H17ClFNO/c1-9(2)15-6-7-16-8-10-4-3-5-11(13)12(10)14/h3-5,9,15H,6-8H2,1-2H3. The van der Waals surface area contributed by atoms with Crippen molar-refractivity contribution in [3.63, 3.8) is 0 Å². The number of hydrogen-bond acceptors (Lipinski definition) is 2. The second kappa shape index (κ2) is 6.84. The van der Waals surface area contributed by atoms with Crippen molar-refractivity contribution in [1.29, 1.82) is 0 Å². The van der Waals surface area contributed by atoms with Crippen molar-refractivity contribution in [3.05, 3.63) is 34.6 Å². The van der Waals surface area contributed by atoms with Crippen LogP contribution in [0.4, 0.5) is 4.39 Å². The van der Waals surface area contributed by atoms with Crippen molar-refractivity contribution < 1.29 is 9.13 Å². The van der Waals surface area contributed by atoms with E-state index in [1.165, 1.54) is 6.07 Å². The first kappa shape index (κ1) is 13.4. The highest BCUT2D eigenvalue weighted by atomic mass is 35.5. The average Bonchev–Trinajstić information content (AvgIpc) is 2.23. The van der Waals surface area contributed by atoms with Crippen LogP contribution in [-0.4, -0.2) is 19.2 Å². The molecule has 0 spiro atoms. The summed E-state index contributed by atoms with van der Waals surface area (Å²) in [7, 11) is 0. The van der Waals surface area contributed by atoms with E-state index in [4.69, 9.17) is 16.3 Å². The molecule has 0 aliphatic carbocycles. The zero-order chi connectivity index (χ0) is 12.0. The number of halogens is 2. The summed E-state index contributed by atoms with van der Waals surface area (Å²) in [6, 6.07) is 5.36. The van der Waals surface area contributed by atoms with E-state index >= 15 is 0 Å². The van der Waals surface area contributed by atoms with Crippen LogP contribution in [-0.2, 0) is 11.3 Å². The summed E-state index contributed by atoms with van der Waals surface area (Å²) in [6.07, 6.45) is 0. The summed E-state index contributed by atoms with van der Waals surface area (Å²) in [6.45, 7) is 5.71. The van der Waals surface area contributed by atoms with Gasteiger partial charge in [0.15, 0.2) is 0 Å². The normalized spacial score (nSPS) is 11.1. The molecule has 0 bridgehead atoms. The first-order valence-electron chi connectivity index (χ1n) is 5.35. The molecule has 0 heterocycles. The molecule has 1 rings (SSSR count). The lowest BCUT2D eigenvalue weighted by Gasteiger charge is -2.09. The van der Waals surface area contributed by atoms with Crippen LogP contribution >= 0.6 is 11.6 Å². The number of hydrogen-bond donors (Lipinski definition) is 1. The largest absolute Gasteiger partial charge is 0.375 e. The van der Waals surface area contributed by atoms with E-state index in [9.17, 15) is 4.39 Å². The van der Waals surface area contributed by atoms with Crippen LogP contribution in [0, 0.1) is 5.82 Å². The molecule has 1 aromatic carbocycles. The maximum atomic E-state index is 13.4. The van der Waals surface area contributed by atoms with Crippen molar-refractivity contribution in [2.75, 3.05) is 13.2 Å². The minimum absolute atomic E-state index is 0.140. The summed E-state index contributed by atoms with van der Waals surface area (Å²) in [4.78, 5) is 0. The second-order valence-electron chi connectivity index (χ2n) is 3.87. The van der Waals surface area contributed by atoms with Crippen LogP contribution in [0.3, 0.4) is 0 Å². The van der Waals surface area contributed by atoms with Gasteiger partial charge in [0, 0.05) is 18.2 Å². The van der Waals surface area contributed by atoms with Gasteiger partial charge in [0.1, 0.15) is 5.82 Å². The fourth-order valence-electron chi connectivity index (χ4n) is 1.26. The van der Waals surface area contributed by atoms with E-state index in [0.29, 0.717) is 18.2 Å². The minimum Gasteiger partial charge on any atom is -0.375 e. The fraction of sp³-hybridized carbons (Fsp3) is 0.500. The topological polar surface area (TPSA) is 21.3 Å². The molecule has 16 heavy (non-hydrogen) atoms. The van der Waals surface area contributed by atoms with E-state index in [2.05, 4.69) is 19.2 Å². The van der Waals surface area contributed by atoms with Gasteiger partial charge in [-0.25, -0.2) is 4.39 Å². The van der Waals surface area contributed by atoms with Crippen molar-refractivity contribution in [1.82, 2.24) is 5.32 Å². The van der Waals surface area contributed by atoms with Gasteiger partial charge in [-0.05, 0) is 6.07 Å². The molecule has 0 saturated heterocycles. The van der Waals surface area contributed by atoms with E-state index < -0.39 is 0 Å². The highest BCUT2D eigenvalue weighted by Gasteiger charge is 2.05. The van der Waals surface area contributed by atoms with Crippen molar-refractivity contribution in [2.45, 2.75) is 26.5 Å². The molecule has 0 atom stereocenters. The molecule has 4 heteroatoms. The molecular weight excluding hydrogens is 229 g/mol. The van der Waals surface area contributed by atoms with E-state index in [0.717, 1.165) is 6.54 Å². The summed E-state index contributed by atoms with van der Waals surface area (Å²) in [5, 5.41) is 3.35. The predicted octanol–water partition coefficient (Wildman–Crippen LogP) is 2.99. The third-order valence-electron chi connectivity index (χ3n) is 2.09. The van der Waals surface area contributed by atoms with Crippen LogP contribution in [0.15, 0.2) is 18.2 Å². The molecule has 0 aromatic heterocycles. The second-order valence-corrected chi connectivity index (χ2v) is 4.28. The first-order chi connectivity index (χ1) is 7.61. The van der Waals surface area contributed by atoms with Crippen LogP contribution in [0.1, 0.15) is 19.4 Å². The van der Waals surface area contributed by atoms with Gasteiger partial charge in [-0.15, -0.1) is 0 Å². The van der Waals surface area contributed by atoms with Crippen LogP contribution in [0.5, 0.6) is 0 Å². The van der Waals surface area contributed by atoms with Gasteiger partial charge in [-0.3, -0.25) is 0 Å². The van der Waals surface area contributed by atoms with Crippen molar-refractivity contribution in [2.24, 2.45) is 0 Å². The molecule has 0 aliphatic heterocycles. The highest BCUT2D eigenvalue weighted by Crippen LogP contribution is 2.18. The molecule has 0 radical (unpaired) electrons. The Morgan fingerprint density at radius 3 is 2.88 bits per heavy atom. The van der Waals surface area contributed by atoms with Gasteiger partial charge >= 0.3 is 0 Å². The summed E-state index contributed by atoms with van der Waals surface area (Å²) in [5.74, 6) is -0.388. The zero-order valence-corrected chi connectivity index (χ0v) is 10.4. The van der Waals surface area contributed by atoms with Gasteiger partial charge < -0.3 is 10.1 Å². The zero-order valence-electron chi connectivity index (χ0n) is 9.59. The quantitative estimate of drug-likeness (QED) is 0.778. The molecule has 2 nitrogen and oxygen atoms in total. The van der Waals surface area contributed by atoms with Gasteiger partial charge in [-0.2, -0.15) is 0 Å². The Morgan fingerprint density at radius 2 is 2.19 bits per heavy atom. The Kier molecular flexibility index (Phi) is 5.74. The molecule has 0 saturated carbocycles. The third kappa shape index (κ3) is 4.47. The van der Waals surface area contributed by atoms with Gasteiger partial charge in [0.2, 0.25) is 0 Å². The van der Waals surface area contributed by atoms with Crippen LogP contribution in [0.25, 0.3) is 0 Å². The number of rotatable bonds is 6. The maximum Gasteiger partial charge on any atom is 0.147 e. The lowest BCUT2D eigenvalue weighted by molar-refractivity contribution is 0.119. The smallest absolute Gasteiger partial charge is 0.147 e. The van der Waals surface area contributed by atoms with Gasteiger partial charge in [0.05, 0.1) is 18.2 Å². The van der Waals surface area contributed by atoms with Crippen molar-refractivity contribution in [3.8, 4) is 0 Å². The monoisotopic (exact) mass is 245 g/mol. The molecule has 0 aliphatic rings. The molecule has 1 aromatic rings. The Labute approximate surface area is 101 Å². The summed E-state index contributed by atoms with van der Waals surface area (Å²) < 4.78 is 18.8. The van der Waals surface area contributed by atoms with Crippen LogP contribution in [0.2, 0.25) is 5.02 Å². The SMILES string of the molecule is CC(C)NCCOCc1cccc(Cl)c1F. The number of nitrogens with one attached hydrogen (secondary N) is 1. The molecular formula is C12H17ClFNO. The van der Waals surface area contributed by atoms with Crippen LogP contribution < -0.4 is 5.32 Å². The van der Waals surface area contributed by atoms with E-state index in [1.54, 1.807) is 12.1 Å². The van der Waals surface area contributed by atoms with E-state index in [-0.39, 0.29) is 17.4 Å². The maximum absolute atomic E-state index is 13.4. The number of ether oxygens (including phenoxy) is 1. The third-order valence-corrected chi connectivity index (χ3v) is 2.38.